The van der Waals surface area contributed by atoms with E-state index in [4.69, 9.17) is 0 Å². The molecule has 22 heavy (non-hydrogen) atoms. The largest absolute Gasteiger partial charge is 0.311 e. The summed E-state index contributed by atoms with van der Waals surface area (Å²) in [6.45, 7) is 3.37. The molecule has 2 aromatic rings. The van der Waals surface area contributed by atoms with Crippen molar-refractivity contribution in [3.05, 3.63) is 76.1 Å². The highest BCUT2D eigenvalue weighted by molar-refractivity contribution is 6.03. The molecule has 0 amide bonds. The second kappa shape index (κ2) is 6.85. The average molecular weight is 293 g/mol. The number of rotatable bonds is 4. The number of benzene rings is 1. The zero-order valence-corrected chi connectivity index (χ0v) is 13.0. The van der Waals surface area contributed by atoms with Crippen molar-refractivity contribution >= 4 is 22.8 Å². The van der Waals surface area contributed by atoms with Crippen LogP contribution in [0.2, 0.25) is 0 Å². The van der Waals surface area contributed by atoms with E-state index >= 15 is 0 Å². The molecule has 0 saturated heterocycles. The maximum absolute atomic E-state index is 12.5. The van der Waals surface area contributed by atoms with Gasteiger partial charge in [-0.2, -0.15) is 0 Å². The van der Waals surface area contributed by atoms with Gasteiger partial charge < -0.3 is 4.57 Å². The number of pyridine rings is 1. The Morgan fingerprint density at radius 3 is 2.45 bits per heavy atom. The van der Waals surface area contributed by atoms with Crippen molar-refractivity contribution in [1.29, 1.82) is 0 Å². The van der Waals surface area contributed by atoms with E-state index in [0.29, 0.717) is 5.56 Å². The van der Waals surface area contributed by atoms with Gasteiger partial charge in [0.1, 0.15) is 0 Å². The second-order valence-electron chi connectivity index (χ2n) is 5.00. The molecule has 0 fully saturated rings. The Balaban J connectivity index is 2.74. The number of carbonyl (C=O) groups is 1. The van der Waals surface area contributed by atoms with Crippen LogP contribution in [-0.2, 0) is 7.05 Å². The Hall–Kier alpha value is -2.68. The number of aromatic nitrogens is 1. The average Bonchev–Trinajstić information content (AvgIpc) is 2.51. The molecule has 0 radical (unpaired) electrons. The minimum Gasteiger partial charge on any atom is -0.311 e. The third-order valence-electron chi connectivity index (χ3n) is 3.48. The molecule has 1 heterocycles. The summed E-state index contributed by atoms with van der Waals surface area (Å²) in [7, 11) is 1.69. The lowest BCUT2D eigenvalue weighted by Gasteiger charge is -2.11. The van der Waals surface area contributed by atoms with Crippen LogP contribution in [0.4, 0.5) is 0 Å². The Bertz CT molecular complexity index is 852. The molecular formula is C19H19NO2. The summed E-state index contributed by atoms with van der Waals surface area (Å²) in [5.74, 6) is -0.219. The zero-order valence-electron chi connectivity index (χ0n) is 13.0. The van der Waals surface area contributed by atoms with Crippen molar-refractivity contribution in [2.75, 3.05) is 0 Å². The van der Waals surface area contributed by atoms with Crippen molar-refractivity contribution in [3.63, 3.8) is 0 Å². The van der Waals surface area contributed by atoms with Gasteiger partial charge in [-0.1, -0.05) is 54.7 Å². The van der Waals surface area contributed by atoms with Gasteiger partial charge in [0, 0.05) is 18.0 Å². The predicted octanol–water partition coefficient (Wildman–Crippen LogP) is 3.89. The van der Waals surface area contributed by atoms with Crippen molar-refractivity contribution < 1.29 is 4.79 Å². The quantitative estimate of drug-likeness (QED) is 0.633. The molecule has 0 aliphatic rings. The predicted molar refractivity (Wildman–Crippen MR) is 92.2 cm³/mol. The number of nitrogens with zero attached hydrogens (tertiary/aromatic N) is 1. The van der Waals surface area contributed by atoms with Crippen molar-refractivity contribution in [2.24, 2.45) is 7.05 Å². The lowest BCUT2D eigenvalue weighted by atomic mass is 10.00. The van der Waals surface area contributed by atoms with Crippen LogP contribution in [0.25, 0.3) is 17.0 Å². The van der Waals surface area contributed by atoms with Crippen molar-refractivity contribution in [2.45, 2.75) is 13.8 Å². The smallest absolute Gasteiger partial charge is 0.262 e. The summed E-state index contributed by atoms with van der Waals surface area (Å²) in [5, 5.41) is 0.894. The van der Waals surface area contributed by atoms with Crippen LogP contribution in [0.1, 0.15) is 29.8 Å². The van der Waals surface area contributed by atoms with Crippen LogP contribution in [0.5, 0.6) is 0 Å². The number of carbonyl (C=O) groups excluding carboxylic acids is 1. The van der Waals surface area contributed by atoms with Gasteiger partial charge in [0.15, 0.2) is 5.78 Å². The molecule has 0 bridgehead atoms. The summed E-state index contributed by atoms with van der Waals surface area (Å²) in [6, 6.07) is 7.60. The minimum absolute atomic E-state index is 0.219. The summed E-state index contributed by atoms with van der Waals surface area (Å²) in [4.78, 5) is 24.4. The first-order valence-corrected chi connectivity index (χ1v) is 7.16. The lowest BCUT2D eigenvalue weighted by Crippen LogP contribution is -2.25. The van der Waals surface area contributed by atoms with E-state index in [1.807, 2.05) is 67.6 Å². The number of para-hydroxylation sites is 1. The Labute approximate surface area is 129 Å². The molecule has 2 rings (SSSR count). The molecule has 0 atom stereocenters. The summed E-state index contributed by atoms with van der Waals surface area (Å²) in [5.41, 5.74) is 1.46. The van der Waals surface area contributed by atoms with Gasteiger partial charge in [-0.25, -0.2) is 0 Å². The van der Waals surface area contributed by atoms with Crippen LogP contribution in [0.3, 0.4) is 0 Å². The molecule has 112 valence electrons. The Morgan fingerprint density at radius 1 is 1.09 bits per heavy atom. The molecule has 0 aliphatic heterocycles. The normalized spacial score (nSPS) is 12.1. The molecular weight excluding hydrogens is 274 g/mol. The highest BCUT2D eigenvalue weighted by Crippen LogP contribution is 2.21. The number of aryl methyl sites for hydroxylation is 1. The summed E-state index contributed by atoms with van der Waals surface area (Å²) >= 11 is 0. The molecule has 3 heteroatoms. The first kappa shape index (κ1) is 15.7. The number of hydrogen-bond donors (Lipinski definition) is 0. The summed E-state index contributed by atoms with van der Waals surface area (Å²) in [6.07, 6.45) is 11.3. The minimum atomic E-state index is -0.261. The first-order valence-electron chi connectivity index (χ1n) is 7.16. The number of Topliss-reactive ketones (excluding diaryl/α,β-unsaturated/α-hetero) is 1. The van der Waals surface area contributed by atoms with Crippen LogP contribution in [0.15, 0.2) is 59.4 Å². The monoisotopic (exact) mass is 293 g/mol. The van der Waals surface area contributed by atoms with E-state index < -0.39 is 0 Å². The fourth-order valence-electron chi connectivity index (χ4n) is 2.43. The van der Waals surface area contributed by atoms with Crippen LogP contribution in [-0.4, -0.2) is 10.4 Å². The van der Waals surface area contributed by atoms with E-state index in [1.165, 1.54) is 11.5 Å². The maximum Gasteiger partial charge on any atom is 0.262 e. The van der Waals surface area contributed by atoms with Gasteiger partial charge >= 0.3 is 0 Å². The second-order valence-corrected chi connectivity index (χ2v) is 5.00. The zero-order chi connectivity index (χ0) is 16.1. The molecule has 0 saturated carbocycles. The molecule has 1 aromatic heterocycles. The SMILES string of the molecule is C\C=C/C=C\C=C\c1c(C(C)=O)c(=O)n(C)c2ccccc12. The highest BCUT2D eigenvalue weighted by atomic mass is 16.1. The fraction of sp³-hybridized carbons (Fsp3) is 0.158. The van der Waals surface area contributed by atoms with Crippen molar-refractivity contribution in [1.82, 2.24) is 4.57 Å². The fourth-order valence-corrected chi connectivity index (χ4v) is 2.43. The third kappa shape index (κ3) is 2.98. The van der Waals surface area contributed by atoms with E-state index in [2.05, 4.69) is 0 Å². The molecule has 0 unspecified atom stereocenters. The van der Waals surface area contributed by atoms with Crippen LogP contribution < -0.4 is 5.56 Å². The Kier molecular flexibility index (Phi) is 4.89. The van der Waals surface area contributed by atoms with Gasteiger partial charge in [-0.3, -0.25) is 9.59 Å². The number of hydrogen-bond acceptors (Lipinski definition) is 2. The molecule has 0 aliphatic carbocycles. The first-order chi connectivity index (χ1) is 10.6. The number of allylic oxidation sites excluding steroid dienone is 5. The van der Waals surface area contributed by atoms with Crippen LogP contribution >= 0.6 is 0 Å². The van der Waals surface area contributed by atoms with Crippen molar-refractivity contribution in [3.8, 4) is 0 Å². The van der Waals surface area contributed by atoms with E-state index in [9.17, 15) is 9.59 Å². The van der Waals surface area contributed by atoms with E-state index in [1.54, 1.807) is 7.05 Å². The third-order valence-corrected chi connectivity index (χ3v) is 3.48. The molecule has 0 N–H and O–H groups in total. The lowest BCUT2D eigenvalue weighted by molar-refractivity contribution is 0.101. The Morgan fingerprint density at radius 2 is 1.77 bits per heavy atom. The van der Waals surface area contributed by atoms with Gasteiger partial charge in [0.2, 0.25) is 0 Å². The standard InChI is InChI=1S/C19H19NO2/c1-4-5-6-7-8-12-16-15-11-9-10-13-17(15)20(3)19(22)18(16)14(2)21/h4-13H,1-3H3/b5-4-,7-6-,12-8+. The molecule has 1 aromatic carbocycles. The molecule has 0 spiro atoms. The number of ketones is 1. The van der Waals surface area contributed by atoms with E-state index in [-0.39, 0.29) is 16.9 Å². The van der Waals surface area contributed by atoms with Gasteiger partial charge in [0.05, 0.1) is 11.1 Å². The highest BCUT2D eigenvalue weighted by Gasteiger charge is 2.16. The van der Waals surface area contributed by atoms with Gasteiger partial charge in [-0.05, 0) is 19.9 Å². The summed E-state index contributed by atoms with van der Waals surface area (Å²) < 4.78 is 1.53. The van der Waals surface area contributed by atoms with Gasteiger partial charge in [-0.15, -0.1) is 0 Å². The topological polar surface area (TPSA) is 39.1 Å². The maximum atomic E-state index is 12.5. The number of fused-ring (bicyclic) bond motifs is 1. The molecule has 3 nitrogen and oxygen atoms in total. The van der Waals surface area contributed by atoms with Gasteiger partial charge in [0.25, 0.3) is 5.56 Å². The van der Waals surface area contributed by atoms with E-state index in [0.717, 1.165) is 10.9 Å². The van der Waals surface area contributed by atoms with Crippen LogP contribution in [0, 0.1) is 0 Å².